The molecule has 0 saturated carbocycles. The molecule has 0 rings (SSSR count). The molecule has 0 fully saturated rings. The van der Waals surface area contributed by atoms with E-state index in [2.05, 4.69) is 4.99 Å². The number of hydrogen-bond donors (Lipinski definition) is 0. The number of rotatable bonds is 8. The van der Waals surface area contributed by atoms with E-state index >= 15 is 0 Å². The average Bonchev–Trinajstić information content (AvgIpc) is 2.37. The number of aliphatic imine (C=N–C) groups is 1. The van der Waals surface area contributed by atoms with Crippen molar-refractivity contribution in [3.05, 3.63) is 0 Å². The first kappa shape index (κ1) is 21.6. The predicted octanol–water partition coefficient (Wildman–Crippen LogP) is 4.25. The second-order valence-electron chi connectivity index (χ2n) is 4.54. The summed E-state index contributed by atoms with van der Waals surface area (Å²) in [4.78, 5) is 12.2. The van der Waals surface area contributed by atoms with Gasteiger partial charge < -0.3 is 0 Å². The highest BCUT2D eigenvalue weighted by Gasteiger charge is 2.86. The summed E-state index contributed by atoms with van der Waals surface area (Å²) < 4.78 is 141. The molecule has 136 valence electrons. The summed E-state index contributed by atoms with van der Waals surface area (Å²) in [6.07, 6.45) is -1.71. The molecule has 1 unspecified atom stereocenters. The normalized spacial score (nSPS) is 16.0. The zero-order chi connectivity index (χ0) is 18.9. The van der Waals surface area contributed by atoms with Crippen molar-refractivity contribution in [1.82, 2.24) is 0 Å². The molecule has 23 heavy (non-hydrogen) atoms. The van der Waals surface area contributed by atoms with Gasteiger partial charge >= 0.3 is 29.6 Å². The molecule has 13 heteroatoms. The molecule has 0 spiro atoms. The molecule has 0 aliphatic heterocycles. The van der Waals surface area contributed by atoms with E-state index in [1.54, 1.807) is 0 Å². The SMILES string of the molecule is CC(CC(F)(F)C(F)(F)C(F)(F)C(F)(F)C(F)(F)CF)N=C=O. The zero-order valence-electron chi connectivity index (χ0n) is 11.0. The van der Waals surface area contributed by atoms with Crippen LogP contribution in [0, 0.1) is 0 Å². The summed E-state index contributed by atoms with van der Waals surface area (Å²) in [6.45, 7) is -2.93. The first-order valence-corrected chi connectivity index (χ1v) is 5.54. The van der Waals surface area contributed by atoms with E-state index < -0.39 is 48.7 Å². The molecule has 0 heterocycles. The summed E-state index contributed by atoms with van der Waals surface area (Å²) >= 11 is 0. The number of carbonyl (C=O) groups excluding carboxylic acids is 1. The lowest BCUT2D eigenvalue weighted by atomic mass is 9.92. The Bertz CT molecular complexity index is 469. The van der Waals surface area contributed by atoms with Gasteiger partial charge in [-0.1, -0.05) is 0 Å². The van der Waals surface area contributed by atoms with Gasteiger partial charge in [0, 0.05) is 6.42 Å². The Morgan fingerprint density at radius 2 is 1.22 bits per heavy atom. The molecule has 0 bridgehead atoms. The molecule has 1 atom stereocenters. The second kappa shape index (κ2) is 6.25. The second-order valence-corrected chi connectivity index (χ2v) is 4.54. The number of alkyl halides is 11. The molecule has 0 N–H and O–H groups in total. The van der Waals surface area contributed by atoms with Gasteiger partial charge in [-0.25, -0.2) is 14.2 Å². The van der Waals surface area contributed by atoms with Crippen LogP contribution in [0.25, 0.3) is 0 Å². The summed E-state index contributed by atoms with van der Waals surface area (Å²) in [5, 5.41) is 0. The van der Waals surface area contributed by atoms with Crippen LogP contribution < -0.4 is 0 Å². The van der Waals surface area contributed by atoms with Gasteiger partial charge in [0.15, 0.2) is 6.67 Å². The number of nitrogens with zero attached hydrogens (tertiary/aromatic N) is 1. The van der Waals surface area contributed by atoms with Gasteiger partial charge in [0.2, 0.25) is 6.08 Å². The first-order chi connectivity index (χ1) is 10.0. The maximum absolute atomic E-state index is 13.2. The zero-order valence-corrected chi connectivity index (χ0v) is 11.0. The van der Waals surface area contributed by atoms with Crippen LogP contribution in [0.2, 0.25) is 0 Å². The van der Waals surface area contributed by atoms with Crippen LogP contribution in [-0.2, 0) is 4.79 Å². The van der Waals surface area contributed by atoms with Crippen LogP contribution in [-0.4, -0.2) is 48.4 Å². The summed E-state index contributed by atoms with van der Waals surface area (Å²) in [7, 11) is 0. The van der Waals surface area contributed by atoms with E-state index in [-0.39, 0.29) is 0 Å². The summed E-state index contributed by atoms with van der Waals surface area (Å²) in [6, 6.07) is -2.06. The van der Waals surface area contributed by atoms with Crippen molar-refractivity contribution in [1.29, 1.82) is 0 Å². The van der Waals surface area contributed by atoms with Crippen LogP contribution in [0.1, 0.15) is 13.3 Å². The monoisotopic (exact) mass is 367 g/mol. The van der Waals surface area contributed by atoms with E-state index in [1.807, 2.05) is 0 Å². The van der Waals surface area contributed by atoms with E-state index in [9.17, 15) is 53.1 Å². The van der Waals surface area contributed by atoms with Gasteiger partial charge in [0.1, 0.15) is 0 Å². The van der Waals surface area contributed by atoms with Crippen molar-refractivity contribution in [2.24, 2.45) is 4.99 Å². The predicted molar refractivity (Wildman–Crippen MR) is 52.9 cm³/mol. The van der Waals surface area contributed by atoms with Crippen LogP contribution in [0.4, 0.5) is 48.3 Å². The van der Waals surface area contributed by atoms with Crippen LogP contribution in [0.5, 0.6) is 0 Å². The quantitative estimate of drug-likeness (QED) is 0.358. The third kappa shape index (κ3) is 3.43. The fraction of sp³-hybridized carbons (Fsp3) is 0.900. The van der Waals surface area contributed by atoms with E-state index in [0.717, 1.165) is 0 Å². The fourth-order valence-corrected chi connectivity index (χ4v) is 1.38. The Balaban J connectivity index is 5.91. The standard InChI is InChI=1S/C10H8F11NO/c1-5(22-4-23)2-6(12,13)8(16,17)10(20,21)9(18,19)7(14,15)3-11/h5H,2-3H2,1H3. The highest BCUT2D eigenvalue weighted by atomic mass is 19.4. The smallest absolute Gasteiger partial charge is 0.244 e. The third-order valence-corrected chi connectivity index (χ3v) is 2.70. The molecule has 0 aromatic heterocycles. The Kier molecular flexibility index (Phi) is 5.87. The van der Waals surface area contributed by atoms with Gasteiger partial charge in [0.05, 0.1) is 6.04 Å². The van der Waals surface area contributed by atoms with Crippen LogP contribution in [0.3, 0.4) is 0 Å². The molecular formula is C10H8F11NO. The Morgan fingerprint density at radius 1 is 0.826 bits per heavy atom. The number of halogens is 11. The molecule has 0 saturated heterocycles. The molecule has 0 aromatic rings. The van der Waals surface area contributed by atoms with Gasteiger partial charge in [-0.3, -0.25) is 0 Å². The number of hydrogen-bond acceptors (Lipinski definition) is 2. The van der Waals surface area contributed by atoms with Gasteiger partial charge in [-0.15, -0.1) is 0 Å². The summed E-state index contributed by atoms with van der Waals surface area (Å²) in [5.74, 6) is -33.7. The van der Waals surface area contributed by atoms with Gasteiger partial charge in [0.25, 0.3) is 0 Å². The highest BCUT2D eigenvalue weighted by Crippen LogP contribution is 2.57. The van der Waals surface area contributed by atoms with E-state index in [1.165, 1.54) is 0 Å². The highest BCUT2D eigenvalue weighted by molar-refractivity contribution is 5.33. The fourth-order valence-electron chi connectivity index (χ4n) is 1.38. The van der Waals surface area contributed by atoms with Gasteiger partial charge in [-0.05, 0) is 6.92 Å². The minimum Gasteiger partial charge on any atom is -0.244 e. The van der Waals surface area contributed by atoms with Crippen molar-refractivity contribution in [3.63, 3.8) is 0 Å². The Labute approximate surface area is 121 Å². The Hall–Kier alpha value is -1.39. The van der Waals surface area contributed by atoms with Crippen molar-refractivity contribution in [2.75, 3.05) is 6.67 Å². The van der Waals surface area contributed by atoms with Gasteiger partial charge in [-0.2, -0.15) is 43.9 Å². The van der Waals surface area contributed by atoms with E-state index in [0.29, 0.717) is 13.0 Å². The lowest BCUT2D eigenvalue weighted by molar-refractivity contribution is -0.403. The summed E-state index contributed by atoms with van der Waals surface area (Å²) in [5.41, 5.74) is 0. The van der Waals surface area contributed by atoms with Crippen molar-refractivity contribution in [3.8, 4) is 0 Å². The Morgan fingerprint density at radius 3 is 1.57 bits per heavy atom. The molecule has 0 radical (unpaired) electrons. The minimum absolute atomic E-state index is 0.557. The maximum atomic E-state index is 13.2. The average molecular weight is 367 g/mol. The van der Waals surface area contributed by atoms with Crippen LogP contribution >= 0.6 is 0 Å². The van der Waals surface area contributed by atoms with Crippen molar-refractivity contribution >= 4 is 6.08 Å². The number of isocyanates is 1. The maximum Gasteiger partial charge on any atom is 0.384 e. The largest absolute Gasteiger partial charge is 0.384 e. The van der Waals surface area contributed by atoms with Crippen LogP contribution in [0.15, 0.2) is 4.99 Å². The minimum atomic E-state index is -7.30. The molecule has 0 aromatic carbocycles. The van der Waals surface area contributed by atoms with Crippen molar-refractivity contribution in [2.45, 2.75) is 49.0 Å². The van der Waals surface area contributed by atoms with Crippen molar-refractivity contribution < 1.29 is 53.1 Å². The topological polar surface area (TPSA) is 29.4 Å². The molecular weight excluding hydrogens is 359 g/mol. The lowest BCUT2D eigenvalue weighted by Crippen LogP contribution is -2.67. The molecule has 2 nitrogen and oxygen atoms in total. The lowest BCUT2D eigenvalue weighted by Gasteiger charge is -2.39. The molecule has 0 amide bonds. The third-order valence-electron chi connectivity index (χ3n) is 2.70. The van der Waals surface area contributed by atoms with E-state index in [4.69, 9.17) is 0 Å². The first-order valence-electron chi connectivity index (χ1n) is 5.54. The molecule has 0 aliphatic rings. The molecule has 0 aliphatic carbocycles.